The van der Waals surface area contributed by atoms with Gasteiger partial charge in [-0.2, -0.15) is 0 Å². The van der Waals surface area contributed by atoms with E-state index in [1.54, 1.807) is 18.5 Å². The lowest BCUT2D eigenvalue weighted by molar-refractivity contribution is -0.121. The number of unbranched alkanes of at least 4 members (excludes halogenated alkanes) is 1. The predicted molar refractivity (Wildman–Crippen MR) is 91.9 cm³/mol. The van der Waals surface area contributed by atoms with E-state index in [4.69, 9.17) is 0 Å². The van der Waals surface area contributed by atoms with Gasteiger partial charge in [-0.3, -0.25) is 14.7 Å². The number of carbonyl (C=O) groups is 1. The van der Waals surface area contributed by atoms with E-state index < -0.39 is 0 Å². The largest absolute Gasteiger partial charge is 0.309 e. The van der Waals surface area contributed by atoms with Gasteiger partial charge in [0.05, 0.1) is 11.7 Å². The zero-order valence-corrected chi connectivity index (χ0v) is 13.8. The number of hydrogen-bond acceptors (Lipinski definition) is 4. The van der Waals surface area contributed by atoms with E-state index in [9.17, 15) is 4.79 Å². The molecule has 0 aliphatic rings. The van der Waals surface area contributed by atoms with Crippen molar-refractivity contribution in [1.29, 1.82) is 0 Å². The summed E-state index contributed by atoms with van der Waals surface area (Å²) in [5, 5.41) is 2.87. The number of aromatic nitrogens is 2. The van der Waals surface area contributed by atoms with Gasteiger partial charge in [-0.15, -0.1) is 0 Å². The first-order valence-electron chi connectivity index (χ1n) is 8.06. The Morgan fingerprint density at radius 2 is 1.91 bits per heavy atom. The van der Waals surface area contributed by atoms with Crippen molar-refractivity contribution >= 4 is 11.7 Å². The molecule has 0 aromatic carbocycles. The molecular weight excluding hydrogens is 288 g/mol. The average molecular weight is 312 g/mol. The van der Waals surface area contributed by atoms with Crippen molar-refractivity contribution in [3.05, 3.63) is 54.5 Å². The van der Waals surface area contributed by atoms with Crippen LogP contribution in [0.25, 0.3) is 0 Å². The van der Waals surface area contributed by atoms with Crippen LogP contribution in [0.1, 0.15) is 32.4 Å². The minimum absolute atomic E-state index is 0.0456. The highest BCUT2D eigenvalue weighted by atomic mass is 16.2. The topological polar surface area (TPSA) is 58.1 Å². The van der Waals surface area contributed by atoms with E-state index in [2.05, 4.69) is 27.1 Å². The molecule has 122 valence electrons. The van der Waals surface area contributed by atoms with Gasteiger partial charge in [0.15, 0.2) is 0 Å². The Bertz CT molecular complexity index is 588. The number of nitrogens with zero attached hydrogens (tertiary/aromatic N) is 3. The summed E-state index contributed by atoms with van der Waals surface area (Å²) in [5.41, 5.74) is 0.973. The van der Waals surface area contributed by atoms with Crippen LogP contribution in [0.4, 0.5) is 5.82 Å². The number of anilines is 1. The van der Waals surface area contributed by atoms with E-state index in [1.165, 1.54) is 0 Å². The maximum Gasteiger partial charge on any atom is 0.242 e. The molecule has 0 fully saturated rings. The summed E-state index contributed by atoms with van der Waals surface area (Å²) in [6.45, 7) is 5.61. The second-order valence-electron chi connectivity index (χ2n) is 5.53. The molecule has 0 unspecified atom stereocenters. The van der Waals surface area contributed by atoms with Gasteiger partial charge in [0.2, 0.25) is 5.91 Å². The van der Waals surface area contributed by atoms with Gasteiger partial charge in [-0.05, 0) is 44.2 Å². The standard InChI is InChI=1S/C18H24N4O/c1-3-4-13-22(14-16-9-5-7-11-19-16)15(2)18(23)21-17-10-6-8-12-20-17/h5-12,15H,3-4,13-14H2,1-2H3,(H,20,21,23)/t15-/m1/s1. The molecule has 2 heterocycles. The van der Waals surface area contributed by atoms with E-state index in [-0.39, 0.29) is 11.9 Å². The van der Waals surface area contributed by atoms with Gasteiger partial charge in [0.1, 0.15) is 5.82 Å². The second-order valence-corrected chi connectivity index (χ2v) is 5.53. The molecule has 1 atom stereocenters. The van der Waals surface area contributed by atoms with Crippen molar-refractivity contribution in [2.24, 2.45) is 0 Å². The lowest BCUT2D eigenvalue weighted by atomic mass is 10.2. The number of carbonyl (C=O) groups excluding carboxylic acids is 1. The molecule has 2 rings (SSSR count). The molecule has 5 heteroatoms. The number of amides is 1. The minimum Gasteiger partial charge on any atom is -0.309 e. The molecule has 23 heavy (non-hydrogen) atoms. The lowest BCUT2D eigenvalue weighted by Gasteiger charge is -2.27. The zero-order chi connectivity index (χ0) is 16.5. The molecule has 1 N–H and O–H groups in total. The van der Waals surface area contributed by atoms with Gasteiger partial charge < -0.3 is 5.32 Å². The van der Waals surface area contributed by atoms with E-state index >= 15 is 0 Å². The van der Waals surface area contributed by atoms with Gasteiger partial charge in [0.25, 0.3) is 0 Å². The molecular formula is C18H24N4O. The van der Waals surface area contributed by atoms with Crippen LogP contribution in [0.5, 0.6) is 0 Å². The Kier molecular flexibility index (Phi) is 6.69. The molecule has 0 radical (unpaired) electrons. The highest BCUT2D eigenvalue weighted by Gasteiger charge is 2.21. The van der Waals surface area contributed by atoms with Crippen LogP contribution >= 0.6 is 0 Å². The zero-order valence-electron chi connectivity index (χ0n) is 13.8. The summed E-state index contributed by atoms with van der Waals surface area (Å²) in [4.78, 5) is 23.2. The van der Waals surface area contributed by atoms with Gasteiger partial charge >= 0.3 is 0 Å². The monoisotopic (exact) mass is 312 g/mol. The molecule has 2 aromatic rings. The van der Waals surface area contributed by atoms with E-state index in [0.717, 1.165) is 25.1 Å². The molecule has 0 saturated carbocycles. The summed E-state index contributed by atoms with van der Waals surface area (Å²) >= 11 is 0. The fourth-order valence-corrected chi connectivity index (χ4v) is 2.30. The fraction of sp³-hybridized carbons (Fsp3) is 0.389. The summed E-state index contributed by atoms with van der Waals surface area (Å²) in [6.07, 6.45) is 5.59. The number of pyridine rings is 2. The first-order chi connectivity index (χ1) is 11.2. The quantitative estimate of drug-likeness (QED) is 0.813. The summed E-state index contributed by atoms with van der Waals surface area (Å²) < 4.78 is 0. The predicted octanol–water partition coefficient (Wildman–Crippen LogP) is 3.11. The Labute approximate surface area is 137 Å². The molecule has 1 amide bonds. The third-order valence-corrected chi connectivity index (χ3v) is 3.73. The smallest absolute Gasteiger partial charge is 0.242 e. The van der Waals surface area contributed by atoms with Crippen molar-refractivity contribution in [2.75, 3.05) is 11.9 Å². The third-order valence-electron chi connectivity index (χ3n) is 3.73. The normalized spacial score (nSPS) is 12.1. The maximum absolute atomic E-state index is 12.5. The Hall–Kier alpha value is -2.27. The Balaban J connectivity index is 2.03. The Morgan fingerprint density at radius 1 is 1.17 bits per heavy atom. The molecule has 0 saturated heterocycles. The maximum atomic E-state index is 12.5. The van der Waals surface area contributed by atoms with Crippen LogP contribution in [0.2, 0.25) is 0 Å². The van der Waals surface area contributed by atoms with Crippen LogP contribution in [0, 0.1) is 0 Å². The molecule has 5 nitrogen and oxygen atoms in total. The van der Waals surface area contributed by atoms with E-state index in [0.29, 0.717) is 12.4 Å². The SMILES string of the molecule is CCCCN(Cc1ccccn1)[C@H](C)C(=O)Nc1ccccn1. The number of nitrogens with one attached hydrogen (secondary N) is 1. The fourth-order valence-electron chi connectivity index (χ4n) is 2.30. The van der Waals surface area contributed by atoms with Crippen LogP contribution in [0.15, 0.2) is 48.8 Å². The molecule has 0 spiro atoms. The highest BCUT2D eigenvalue weighted by Crippen LogP contribution is 2.10. The summed E-state index contributed by atoms with van der Waals surface area (Å²) in [6, 6.07) is 11.1. The van der Waals surface area contributed by atoms with Crippen LogP contribution in [0.3, 0.4) is 0 Å². The van der Waals surface area contributed by atoms with Gasteiger partial charge in [0, 0.05) is 18.9 Å². The summed E-state index contributed by atoms with van der Waals surface area (Å²) in [7, 11) is 0. The molecule has 0 aliphatic heterocycles. The molecule has 0 aliphatic carbocycles. The second kappa shape index (κ2) is 9.00. The van der Waals surface area contributed by atoms with Crippen LogP contribution < -0.4 is 5.32 Å². The van der Waals surface area contributed by atoms with Gasteiger partial charge in [-0.1, -0.05) is 25.5 Å². The van der Waals surface area contributed by atoms with Crippen LogP contribution in [-0.2, 0) is 11.3 Å². The van der Waals surface area contributed by atoms with Crippen molar-refractivity contribution in [3.63, 3.8) is 0 Å². The number of rotatable bonds is 8. The highest BCUT2D eigenvalue weighted by molar-refractivity contribution is 5.93. The number of hydrogen-bond donors (Lipinski definition) is 1. The van der Waals surface area contributed by atoms with Crippen molar-refractivity contribution < 1.29 is 4.79 Å². The van der Waals surface area contributed by atoms with E-state index in [1.807, 2.05) is 37.3 Å². The molecule has 2 aromatic heterocycles. The third kappa shape index (κ3) is 5.45. The van der Waals surface area contributed by atoms with Crippen molar-refractivity contribution in [2.45, 2.75) is 39.3 Å². The van der Waals surface area contributed by atoms with Crippen molar-refractivity contribution in [1.82, 2.24) is 14.9 Å². The minimum atomic E-state index is -0.245. The average Bonchev–Trinajstić information content (AvgIpc) is 2.59. The lowest BCUT2D eigenvalue weighted by Crippen LogP contribution is -2.42. The van der Waals surface area contributed by atoms with Gasteiger partial charge in [-0.25, -0.2) is 4.98 Å². The first kappa shape index (κ1) is 17.1. The summed E-state index contributed by atoms with van der Waals surface area (Å²) in [5.74, 6) is 0.536. The Morgan fingerprint density at radius 3 is 2.52 bits per heavy atom. The molecule has 0 bridgehead atoms. The first-order valence-corrected chi connectivity index (χ1v) is 8.06. The van der Waals surface area contributed by atoms with Crippen LogP contribution in [-0.4, -0.2) is 33.4 Å². The van der Waals surface area contributed by atoms with Crippen molar-refractivity contribution in [3.8, 4) is 0 Å².